The molecule has 1 heterocycles. The van der Waals surface area contributed by atoms with Crippen LogP contribution in [0.15, 0.2) is 48.5 Å². The van der Waals surface area contributed by atoms with Crippen molar-refractivity contribution in [3.63, 3.8) is 0 Å². The van der Waals surface area contributed by atoms with Gasteiger partial charge in [0.25, 0.3) is 0 Å². The number of aliphatic hydroxyl groups is 1. The molecule has 2 aromatic rings. The Morgan fingerprint density at radius 2 is 1.81 bits per heavy atom. The second kappa shape index (κ2) is 7.31. The summed E-state index contributed by atoms with van der Waals surface area (Å²) in [5, 5.41) is 13.4. The number of halogens is 1. The molecule has 0 atom stereocenters. The Kier molecular flexibility index (Phi) is 4.87. The molecular formula is C22H25FN2O2. The molecule has 2 aliphatic rings. The number of nitrogens with one attached hydrogen (secondary N) is 1. The fourth-order valence-electron chi connectivity index (χ4n) is 3.91. The minimum absolute atomic E-state index is 0.156. The van der Waals surface area contributed by atoms with Gasteiger partial charge in [-0.1, -0.05) is 42.5 Å². The number of nitrogens with zero attached hydrogens (tertiary/aromatic N) is 1. The first-order valence-electron chi connectivity index (χ1n) is 9.64. The average molecular weight is 368 g/mol. The zero-order valence-corrected chi connectivity index (χ0v) is 15.3. The lowest BCUT2D eigenvalue weighted by Crippen LogP contribution is -2.50. The van der Waals surface area contributed by atoms with Crippen molar-refractivity contribution in [1.82, 2.24) is 10.2 Å². The number of urea groups is 1. The molecule has 1 aliphatic carbocycles. The summed E-state index contributed by atoms with van der Waals surface area (Å²) in [4.78, 5) is 14.1. The number of carbonyl (C=O) groups excluding carboxylic acids is 1. The lowest BCUT2D eigenvalue weighted by molar-refractivity contribution is -0.0307. The van der Waals surface area contributed by atoms with Gasteiger partial charge in [-0.05, 0) is 48.8 Å². The van der Waals surface area contributed by atoms with Crippen molar-refractivity contribution in [3.8, 4) is 11.1 Å². The van der Waals surface area contributed by atoms with E-state index in [9.17, 15) is 14.3 Å². The van der Waals surface area contributed by atoms with Gasteiger partial charge in [0.1, 0.15) is 5.82 Å². The van der Waals surface area contributed by atoms with Gasteiger partial charge in [0.05, 0.1) is 5.60 Å². The van der Waals surface area contributed by atoms with Crippen LogP contribution in [0.5, 0.6) is 0 Å². The number of rotatable bonds is 4. The number of carbonyl (C=O) groups is 1. The van der Waals surface area contributed by atoms with Gasteiger partial charge in [-0.2, -0.15) is 0 Å². The molecule has 0 spiro atoms. The smallest absolute Gasteiger partial charge is 0.317 e. The standard InChI is InChI=1S/C22H25FN2O2/c23-20-14-17(16-4-2-1-3-5-16)6-7-18(20)15-24-21(26)25-12-10-22(27,11-13-25)19-8-9-19/h1-7,14,19,27H,8-13,15H2,(H,24,26). The molecule has 4 nitrogen and oxygen atoms in total. The molecule has 0 bridgehead atoms. The predicted molar refractivity (Wildman–Crippen MR) is 103 cm³/mol. The monoisotopic (exact) mass is 368 g/mol. The van der Waals surface area contributed by atoms with Crippen LogP contribution in [-0.2, 0) is 6.54 Å². The molecule has 1 saturated heterocycles. The molecule has 0 aromatic heterocycles. The molecular weight excluding hydrogens is 343 g/mol. The van der Waals surface area contributed by atoms with Crippen LogP contribution in [0.4, 0.5) is 9.18 Å². The molecule has 2 amide bonds. The molecule has 27 heavy (non-hydrogen) atoms. The molecule has 142 valence electrons. The highest BCUT2D eigenvalue weighted by Crippen LogP contribution is 2.44. The Hall–Kier alpha value is -2.40. The first kappa shape index (κ1) is 18.0. The Morgan fingerprint density at radius 1 is 1.11 bits per heavy atom. The summed E-state index contributed by atoms with van der Waals surface area (Å²) < 4.78 is 14.4. The highest BCUT2D eigenvalue weighted by Gasteiger charge is 2.45. The molecule has 0 unspecified atom stereocenters. The van der Waals surface area contributed by atoms with E-state index in [4.69, 9.17) is 0 Å². The minimum Gasteiger partial charge on any atom is -0.389 e. The molecule has 1 saturated carbocycles. The quantitative estimate of drug-likeness (QED) is 0.859. The van der Waals surface area contributed by atoms with E-state index < -0.39 is 5.60 Å². The van der Waals surface area contributed by atoms with Gasteiger partial charge in [-0.15, -0.1) is 0 Å². The van der Waals surface area contributed by atoms with Crippen LogP contribution >= 0.6 is 0 Å². The maximum absolute atomic E-state index is 14.4. The van der Waals surface area contributed by atoms with Crippen molar-refractivity contribution in [1.29, 1.82) is 0 Å². The van der Waals surface area contributed by atoms with Gasteiger partial charge in [-0.25, -0.2) is 9.18 Å². The Labute approximate surface area is 159 Å². The first-order valence-corrected chi connectivity index (χ1v) is 9.64. The second-order valence-electron chi connectivity index (χ2n) is 7.70. The normalized spacial score (nSPS) is 19.0. The van der Waals surface area contributed by atoms with Crippen LogP contribution in [0, 0.1) is 11.7 Å². The van der Waals surface area contributed by atoms with Crippen LogP contribution in [0.2, 0.25) is 0 Å². The van der Waals surface area contributed by atoms with Gasteiger partial charge in [0, 0.05) is 25.2 Å². The summed E-state index contributed by atoms with van der Waals surface area (Å²) in [7, 11) is 0. The van der Waals surface area contributed by atoms with Crippen molar-refractivity contribution in [2.75, 3.05) is 13.1 Å². The highest BCUT2D eigenvalue weighted by molar-refractivity contribution is 5.74. The SMILES string of the molecule is O=C(NCc1ccc(-c2ccccc2)cc1F)N1CCC(O)(C2CC2)CC1. The van der Waals surface area contributed by atoms with Crippen LogP contribution in [-0.4, -0.2) is 34.7 Å². The third kappa shape index (κ3) is 3.98. The number of benzene rings is 2. The number of amides is 2. The highest BCUT2D eigenvalue weighted by atomic mass is 19.1. The fourth-order valence-corrected chi connectivity index (χ4v) is 3.91. The Bertz CT molecular complexity index is 812. The summed E-state index contributed by atoms with van der Waals surface area (Å²) in [6, 6.07) is 14.6. The topological polar surface area (TPSA) is 52.6 Å². The average Bonchev–Trinajstić information content (AvgIpc) is 3.54. The molecule has 2 N–H and O–H groups in total. The van der Waals surface area contributed by atoms with Crippen LogP contribution in [0.1, 0.15) is 31.2 Å². The molecule has 1 aliphatic heterocycles. The lowest BCUT2D eigenvalue weighted by Gasteiger charge is -2.38. The Balaban J connectivity index is 1.33. The molecule has 2 aromatic carbocycles. The number of piperidine rings is 1. The van der Waals surface area contributed by atoms with Crippen molar-refractivity contribution in [2.24, 2.45) is 5.92 Å². The number of hydrogen-bond donors (Lipinski definition) is 2. The van der Waals surface area contributed by atoms with Crippen molar-refractivity contribution in [2.45, 2.75) is 37.8 Å². The van der Waals surface area contributed by atoms with Gasteiger partial charge in [0.2, 0.25) is 0 Å². The first-order chi connectivity index (χ1) is 13.0. The predicted octanol–water partition coefficient (Wildman–Crippen LogP) is 3.94. The van der Waals surface area contributed by atoms with Gasteiger partial charge in [0.15, 0.2) is 0 Å². The van der Waals surface area contributed by atoms with E-state index in [2.05, 4.69) is 5.32 Å². The zero-order valence-electron chi connectivity index (χ0n) is 15.3. The third-order valence-electron chi connectivity index (χ3n) is 5.84. The van der Waals surface area contributed by atoms with E-state index in [0.29, 0.717) is 37.4 Å². The van der Waals surface area contributed by atoms with Gasteiger partial charge < -0.3 is 15.3 Å². The molecule has 5 heteroatoms. The lowest BCUT2D eigenvalue weighted by atomic mass is 9.87. The van der Waals surface area contributed by atoms with Gasteiger partial charge >= 0.3 is 6.03 Å². The molecule has 4 rings (SSSR count). The van der Waals surface area contributed by atoms with E-state index in [0.717, 1.165) is 24.0 Å². The minimum atomic E-state index is -0.587. The van der Waals surface area contributed by atoms with E-state index in [-0.39, 0.29) is 18.4 Å². The molecule has 0 radical (unpaired) electrons. The summed E-state index contributed by atoms with van der Waals surface area (Å²) in [6.45, 7) is 1.26. The van der Waals surface area contributed by atoms with Gasteiger partial charge in [-0.3, -0.25) is 0 Å². The molecule has 2 fully saturated rings. The largest absolute Gasteiger partial charge is 0.389 e. The van der Waals surface area contributed by atoms with E-state index in [1.54, 1.807) is 11.0 Å². The van der Waals surface area contributed by atoms with Crippen LogP contribution in [0.25, 0.3) is 11.1 Å². The number of hydrogen-bond acceptors (Lipinski definition) is 2. The maximum atomic E-state index is 14.4. The second-order valence-corrected chi connectivity index (χ2v) is 7.70. The third-order valence-corrected chi connectivity index (χ3v) is 5.84. The van der Waals surface area contributed by atoms with E-state index in [1.807, 2.05) is 36.4 Å². The summed E-state index contributed by atoms with van der Waals surface area (Å²) in [6.07, 6.45) is 3.46. The van der Waals surface area contributed by atoms with E-state index in [1.165, 1.54) is 6.07 Å². The van der Waals surface area contributed by atoms with Crippen LogP contribution in [0.3, 0.4) is 0 Å². The van der Waals surface area contributed by atoms with Crippen molar-refractivity contribution in [3.05, 3.63) is 59.9 Å². The Morgan fingerprint density at radius 3 is 2.44 bits per heavy atom. The summed E-state index contributed by atoms with van der Waals surface area (Å²) in [5.74, 6) is 0.0957. The fraction of sp³-hybridized carbons (Fsp3) is 0.409. The van der Waals surface area contributed by atoms with Crippen molar-refractivity contribution < 1.29 is 14.3 Å². The summed E-state index contributed by atoms with van der Waals surface area (Å²) >= 11 is 0. The summed E-state index contributed by atoms with van der Waals surface area (Å²) in [5.41, 5.74) is 1.66. The number of likely N-dealkylation sites (tertiary alicyclic amines) is 1. The van der Waals surface area contributed by atoms with Crippen molar-refractivity contribution >= 4 is 6.03 Å². The maximum Gasteiger partial charge on any atom is 0.317 e. The van der Waals surface area contributed by atoms with E-state index >= 15 is 0 Å². The van der Waals surface area contributed by atoms with Crippen LogP contribution < -0.4 is 5.32 Å². The zero-order chi connectivity index (χ0) is 18.9.